The monoisotopic (exact) mass is 248 g/mol. The summed E-state index contributed by atoms with van der Waals surface area (Å²) in [5.41, 5.74) is 0. The van der Waals surface area contributed by atoms with Crippen LogP contribution in [0, 0.1) is 11.8 Å². The zero-order valence-corrected chi connectivity index (χ0v) is 11.3. The first-order chi connectivity index (χ1) is 8.16. The number of hydrogen-bond donors (Lipinski definition) is 1. The molecule has 0 bridgehead atoms. The van der Waals surface area contributed by atoms with Crippen LogP contribution in [0.5, 0.6) is 0 Å². The van der Waals surface area contributed by atoms with Crippen LogP contribution in [0.25, 0.3) is 0 Å². The van der Waals surface area contributed by atoms with Gasteiger partial charge in [0, 0.05) is 4.90 Å². The minimum absolute atomic E-state index is 0.157. The second kappa shape index (κ2) is 5.74. The van der Waals surface area contributed by atoms with Crippen molar-refractivity contribution >= 4 is 11.8 Å². The Labute approximate surface area is 108 Å². The molecule has 1 aromatic rings. The Morgan fingerprint density at radius 2 is 1.88 bits per heavy atom. The van der Waals surface area contributed by atoms with Crippen molar-refractivity contribution < 1.29 is 5.11 Å². The quantitative estimate of drug-likeness (QED) is 0.850. The minimum atomic E-state index is -0.157. The molecule has 0 aromatic heterocycles. The average molecular weight is 248 g/mol. The van der Waals surface area contributed by atoms with E-state index in [9.17, 15) is 5.11 Å². The van der Waals surface area contributed by atoms with Gasteiger partial charge >= 0.3 is 0 Å². The number of aliphatic hydroxyl groups excluding tert-OH is 1. The van der Waals surface area contributed by atoms with Crippen LogP contribution >= 0.6 is 11.8 Å². The fourth-order valence-electron chi connectivity index (χ4n) is 2.16. The highest BCUT2D eigenvalue weighted by Crippen LogP contribution is 2.36. The molecule has 0 saturated carbocycles. The highest BCUT2D eigenvalue weighted by Gasteiger charge is 2.23. The Kier molecular flexibility index (Phi) is 4.30. The van der Waals surface area contributed by atoms with Crippen LogP contribution < -0.4 is 0 Å². The van der Waals surface area contributed by atoms with Gasteiger partial charge in [0.2, 0.25) is 0 Å². The van der Waals surface area contributed by atoms with Crippen molar-refractivity contribution in [3.8, 4) is 0 Å². The van der Waals surface area contributed by atoms with E-state index >= 15 is 0 Å². The molecule has 2 rings (SSSR count). The maximum absolute atomic E-state index is 9.97. The van der Waals surface area contributed by atoms with Crippen molar-refractivity contribution in [2.75, 3.05) is 0 Å². The summed E-state index contributed by atoms with van der Waals surface area (Å²) in [6.07, 6.45) is 4.06. The standard InChI is InChI=1S/C15H20OS/c1-11-10-14(8-9-15(16)12(11)2)17-13-6-4-3-5-7-13/h3-7,10-12,15-16H,8-9H2,1-2H3/t11-,12-,15-/m1/s1. The smallest absolute Gasteiger partial charge is 0.0574 e. The molecule has 92 valence electrons. The molecule has 0 heterocycles. The van der Waals surface area contributed by atoms with Crippen LogP contribution in [0.4, 0.5) is 0 Å². The molecule has 0 radical (unpaired) electrons. The SMILES string of the molecule is C[C@@H]1[C@H](C)C=C(Sc2ccccc2)CC[C@H]1O. The summed E-state index contributed by atoms with van der Waals surface area (Å²) >= 11 is 1.84. The molecule has 0 spiro atoms. The third-order valence-electron chi connectivity index (χ3n) is 3.56. The number of aliphatic hydroxyl groups is 1. The van der Waals surface area contributed by atoms with Crippen molar-refractivity contribution in [1.29, 1.82) is 0 Å². The fourth-order valence-corrected chi connectivity index (χ4v) is 3.26. The van der Waals surface area contributed by atoms with E-state index in [1.807, 2.05) is 17.8 Å². The largest absolute Gasteiger partial charge is 0.393 e. The summed E-state index contributed by atoms with van der Waals surface area (Å²) < 4.78 is 0. The van der Waals surface area contributed by atoms with Crippen LogP contribution in [0.15, 0.2) is 46.2 Å². The van der Waals surface area contributed by atoms with Gasteiger partial charge in [0.1, 0.15) is 0 Å². The van der Waals surface area contributed by atoms with Gasteiger partial charge in [0.15, 0.2) is 0 Å². The molecule has 0 saturated heterocycles. The predicted molar refractivity (Wildman–Crippen MR) is 74.0 cm³/mol. The number of thioether (sulfide) groups is 1. The number of benzene rings is 1. The lowest BCUT2D eigenvalue weighted by molar-refractivity contribution is 0.0943. The summed E-state index contributed by atoms with van der Waals surface area (Å²) in [6, 6.07) is 10.5. The molecule has 0 fully saturated rings. The van der Waals surface area contributed by atoms with E-state index in [1.165, 1.54) is 9.80 Å². The molecule has 0 aliphatic heterocycles. The summed E-state index contributed by atoms with van der Waals surface area (Å²) in [4.78, 5) is 2.68. The Hall–Kier alpha value is -0.730. The summed E-state index contributed by atoms with van der Waals surface area (Å²) in [6.45, 7) is 4.34. The van der Waals surface area contributed by atoms with E-state index in [0.29, 0.717) is 11.8 Å². The van der Waals surface area contributed by atoms with Gasteiger partial charge in [-0.05, 0) is 41.7 Å². The van der Waals surface area contributed by atoms with E-state index in [-0.39, 0.29) is 6.10 Å². The van der Waals surface area contributed by atoms with Crippen molar-refractivity contribution in [2.45, 2.75) is 37.7 Å². The Bertz CT molecular complexity index is 385. The second-order valence-electron chi connectivity index (χ2n) is 4.87. The van der Waals surface area contributed by atoms with Gasteiger partial charge in [-0.2, -0.15) is 0 Å². The lowest BCUT2D eigenvalue weighted by atomic mass is 9.91. The van der Waals surface area contributed by atoms with Crippen LogP contribution in [0.3, 0.4) is 0 Å². The molecule has 1 aromatic carbocycles. The molecule has 3 atom stereocenters. The molecular formula is C15H20OS. The van der Waals surface area contributed by atoms with Crippen LogP contribution in [-0.2, 0) is 0 Å². The summed E-state index contributed by atoms with van der Waals surface area (Å²) in [5, 5.41) is 9.97. The zero-order valence-electron chi connectivity index (χ0n) is 10.5. The van der Waals surface area contributed by atoms with E-state index < -0.39 is 0 Å². The summed E-state index contributed by atoms with van der Waals surface area (Å²) in [5.74, 6) is 0.822. The highest BCUT2D eigenvalue weighted by atomic mass is 32.2. The molecule has 1 aliphatic rings. The van der Waals surface area contributed by atoms with Gasteiger partial charge in [-0.1, -0.05) is 49.9 Å². The predicted octanol–water partition coefficient (Wildman–Crippen LogP) is 4.09. The van der Waals surface area contributed by atoms with Crippen molar-refractivity contribution in [3.05, 3.63) is 41.3 Å². The normalized spacial score (nSPS) is 29.6. The third kappa shape index (κ3) is 3.36. The maximum atomic E-state index is 9.97. The first-order valence-electron chi connectivity index (χ1n) is 6.28. The molecule has 1 aliphatic carbocycles. The summed E-state index contributed by atoms with van der Waals surface area (Å²) in [7, 11) is 0. The Morgan fingerprint density at radius 3 is 2.59 bits per heavy atom. The van der Waals surface area contributed by atoms with Gasteiger partial charge in [-0.3, -0.25) is 0 Å². The lowest BCUT2D eigenvalue weighted by Gasteiger charge is -2.19. The third-order valence-corrected chi connectivity index (χ3v) is 4.67. The molecule has 0 unspecified atom stereocenters. The van der Waals surface area contributed by atoms with Gasteiger partial charge in [0.05, 0.1) is 6.10 Å². The maximum Gasteiger partial charge on any atom is 0.0574 e. The van der Waals surface area contributed by atoms with E-state index in [1.54, 1.807) is 0 Å². The van der Waals surface area contributed by atoms with Gasteiger partial charge < -0.3 is 5.11 Å². The van der Waals surface area contributed by atoms with E-state index in [2.05, 4.69) is 44.2 Å². The van der Waals surface area contributed by atoms with E-state index in [4.69, 9.17) is 0 Å². The molecule has 1 nitrogen and oxygen atoms in total. The van der Waals surface area contributed by atoms with Gasteiger partial charge in [0.25, 0.3) is 0 Å². The first kappa shape index (κ1) is 12.7. The number of rotatable bonds is 2. The zero-order chi connectivity index (χ0) is 12.3. The topological polar surface area (TPSA) is 20.2 Å². The number of hydrogen-bond acceptors (Lipinski definition) is 2. The fraction of sp³-hybridized carbons (Fsp3) is 0.467. The molecule has 1 N–H and O–H groups in total. The average Bonchev–Trinajstić information content (AvgIpc) is 2.45. The van der Waals surface area contributed by atoms with Crippen LogP contribution in [0.2, 0.25) is 0 Å². The van der Waals surface area contributed by atoms with Crippen molar-refractivity contribution in [2.24, 2.45) is 11.8 Å². The highest BCUT2D eigenvalue weighted by molar-refractivity contribution is 8.03. The molecule has 2 heteroatoms. The Balaban J connectivity index is 2.08. The van der Waals surface area contributed by atoms with Crippen molar-refractivity contribution in [3.63, 3.8) is 0 Å². The van der Waals surface area contributed by atoms with Crippen LogP contribution in [-0.4, -0.2) is 11.2 Å². The van der Waals surface area contributed by atoms with Gasteiger partial charge in [-0.25, -0.2) is 0 Å². The van der Waals surface area contributed by atoms with Crippen molar-refractivity contribution in [1.82, 2.24) is 0 Å². The molecular weight excluding hydrogens is 228 g/mol. The van der Waals surface area contributed by atoms with Crippen LogP contribution in [0.1, 0.15) is 26.7 Å². The van der Waals surface area contributed by atoms with E-state index in [0.717, 1.165) is 12.8 Å². The first-order valence-corrected chi connectivity index (χ1v) is 7.10. The van der Waals surface area contributed by atoms with Gasteiger partial charge in [-0.15, -0.1) is 0 Å². The second-order valence-corrected chi connectivity index (χ2v) is 6.07. The minimum Gasteiger partial charge on any atom is -0.393 e. The molecule has 0 amide bonds. The Morgan fingerprint density at radius 1 is 1.18 bits per heavy atom. The lowest BCUT2D eigenvalue weighted by Crippen LogP contribution is -2.20. The number of allylic oxidation sites excluding steroid dienone is 2. The molecule has 17 heavy (non-hydrogen) atoms.